The van der Waals surface area contributed by atoms with Crippen LogP contribution in [-0.2, 0) is 0 Å². The Kier molecular flexibility index (Phi) is 6.26. The fraction of sp³-hybridized carbons (Fsp3) is 0.400. The van der Waals surface area contributed by atoms with Crippen molar-refractivity contribution in [3.05, 3.63) is 45.2 Å². The fourth-order valence-electron chi connectivity index (χ4n) is 3.16. The Morgan fingerprint density at radius 1 is 1.39 bits per heavy atom. The topological polar surface area (TPSA) is 98.0 Å². The molecule has 0 fully saturated rings. The van der Waals surface area contributed by atoms with Gasteiger partial charge in [0.05, 0.1) is 23.4 Å². The average molecular weight is 408 g/mol. The van der Waals surface area contributed by atoms with Gasteiger partial charge in [0, 0.05) is 30.5 Å². The van der Waals surface area contributed by atoms with E-state index in [1.165, 1.54) is 12.3 Å². The highest BCUT2D eigenvalue weighted by Crippen LogP contribution is 2.41. The highest BCUT2D eigenvalue weighted by Gasteiger charge is 2.26. The molecule has 1 aliphatic rings. The summed E-state index contributed by atoms with van der Waals surface area (Å²) in [6, 6.07) is 4.28. The van der Waals surface area contributed by atoms with E-state index >= 15 is 0 Å². The number of nitrogens with zero attached hydrogens (tertiary/aromatic N) is 1. The number of rotatable bonds is 7. The molecule has 150 valence electrons. The quantitative estimate of drug-likeness (QED) is 0.683. The lowest BCUT2D eigenvalue weighted by atomic mass is 10.1. The third-order valence-electron chi connectivity index (χ3n) is 4.66. The molecule has 7 nitrogen and oxygen atoms in total. The van der Waals surface area contributed by atoms with E-state index in [0.717, 1.165) is 12.8 Å². The molecule has 0 saturated carbocycles. The minimum absolute atomic E-state index is 0.107. The minimum atomic E-state index is -1.30. The lowest BCUT2D eigenvalue weighted by molar-refractivity contribution is 0.0694. The molecule has 0 aliphatic carbocycles. The zero-order valence-corrected chi connectivity index (χ0v) is 16.2. The van der Waals surface area contributed by atoms with Gasteiger partial charge in [-0.05, 0) is 18.9 Å². The van der Waals surface area contributed by atoms with Gasteiger partial charge < -0.3 is 24.3 Å². The van der Waals surface area contributed by atoms with Gasteiger partial charge in [0.15, 0.2) is 5.43 Å². The second-order valence-corrected chi connectivity index (χ2v) is 7.01. The first kappa shape index (κ1) is 20.2. The predicted molar refractivity (Wildman–Crippen MR) is 105 cm³/mol. The second-order valence-electron chi connectivity index (χ2n) is 6.61. The maximum Gasteiger partial charge on any atom is 0.341 e. The number of aromatic carboxylic acids is 1. The van der Waals surface area contributed by atoms with Crippen LogP contribution in [-0.4, -0.2) is 40.6 Å². The summed E-state index contributed by atoms with van der Waals surface area (Å²) < 4.78 is 13.3. The van der Waals surface area contributed by atoms with Crippen molar-refractivity contribution < 1.29 is 24.5 Å². The SMILES string of the molecule is CCCCOc1cc2c(cc1Cl)-c1cc(=O)c(C(=O)O)cn1[C@H](CCO)CO2. The maximum absolute atomic E-state index is 12.3. The Hall–Kier alpha value is -2.51. The Balaban J connectivity index is 2.13. The van der Waals surface area contributed by atoms with Crippen molar-refractivity contribution in [2.75, 3.05) is 19.8 Å². The molecule has 2 heterocycles. The molecular weight excluding hydrogens is 386 g/mol. The zero-order valence-electron chi connectivity index (χ0n) is 15.5. The number of pyridine rings is 1. The third kappa shape index (κ3) is 4.00. The molecule has 2 aromatic rings. The van der Waals surface area contributed by atoms with Gasteiger partial charge in [-0.15, -0.1) is 0 Å². The van der Waals surface area contributed by atoms with Gasteiger partial charge in [-0.1, -0.05) is 24.9 Å². The largest absolute Gasteiger partial charge is 0.492 e. The second kappa shape index (κ2) is 8.67. The molecule has 1 atom stereocenters. The van der Waals surface area contributed by atoms with E-state index in [9.17, 15) is 19.8 Å². The van der Waals surface area contributed by atoms with Gasteiger partial charge in [-0.3, -0.25) is 4.79 Å². The number of benzene rings is 1. The van der Waals surface area contributed by atoms with E-state index < -0.39 is 11.4 Å². The van der Waals surface area contributed by atoms with E-state index in [4.69, 9.17) is 21.1 Å². The number of carboxylic acids is 1. The van der Waals surface area contributed by atoms with Crippen molar-refractivity contribution in [3.8, 4) is 22.8 Å². The van der Waals surface area contributed by atoms with Gasteiger partial charge in [0.1, 0.15) is 23.7 Å². The standard InChI is InChI=1S/C20H22ClNO6/c1-2-3-6-27-19-9-18-13(7-15(19)21)16-8-17(24)14(20(25)26)10-22(16)12(4-5-23)11-28-18/h7-10,12,23H,2-6,11H2,1H3,(H,25,26)/t12-/m1/s1. The molecule has 0 saturated heterocycles. The number of aliphatic hydroxyl groups is 1. The molecule has 28 heavy (non-hydrogen) atoms. The van der Waals surface area contributed by atoms with E-state index in [2.05, 4.69) is 6.92 Å². The summed E-state index contributed by atoms with van der Waals surface area (Å²) in [5, 5.41) is 19.1. The van der Waals surface area contributed by atoms with E-state index in [1.54, 1.807) is 16.7 Å². The van der Waals surface area contributed by atoms with Gasteiger partial charge in [0.2, 0.25) is 0 Å². The smallest absolute Gasteiger partial charge is 0.341 e. The normalized spacial score (nSPS) is 15.2. The fourth-order valence-corrected chi connectivity index (χ4v) is 3.38. The number of hydrogen-bond donors (Lipinski definition) is 2. The summed E-state index contributed by atoms with van der Waals surface area (Å²) in [6.07, 6.45) is 3.53. The molecule has 8 heteroatoms. The first-order chi connectivity index (χ1) is 13.5. The average Bonchev–Trinajstić information content (AvgIpc) is 2.79. The molecule has 0 amide bonds. The lowest BCUT2D eigenvalue weighted by Crippen LogP contribution is -2.23. The molecule has 0 radical (unpaired) electrons. The van der Waals surface area contributed by atoms with Crippen molar-refractivity contribution in [2.24, 2.45) is 0 Å². The molecule has 0 spiro atoms. The minimum Gasteiger partial charge on any atom is -0.492 e. The molecule has 3 rings (SSSR count). The number of carbonyl (C=O) groups is 1. The molecule has 1 aromatic carbocycles. The third-order valence-corrected chi connectivity index (χ3v) is 4.96. The zero-order chi connectivity index (χ0) is 20.3. The van der Waals surface area contributed by atoms with Crippen LogP contribution >= 0.6 is 11.6 Å². The molecular formula is C20H22ClNO6. The predicted octanol–water partition coefficient (Wildman–Crippen LogP) is 3.36. The van der Waals surface area contributed by atoms with Crippen LogP contribution in [0.2, 0.25) is 5.02 Å². The van der Waals surface area contributed by atoms with Gasteiger partial charge in [-0.2, -0.15) is 0 Å². The Morgan fingerprint density at radius 3 is 2.86 bits per heavy atom. The van der Waals surface area contributed by atoms with Crippen LogP contribution < -0.4 is 14.9 Å². The number of unbranched alkanes of at least 4 members (excludes halogenated alkanes) is 1. The van der Waals surface area contributed by atoms with Crippen LogP contribution in [0, 0.1) is 0 Å². The Labute approximate surface area is 167 Å². The highest BCUT2D eigenvalue weighted by atomic mass is 35.5. The van der Waals surface area contributed by atoms with Crippen molar-refractivity contribution >= 4 is 17.6 Å². The number of fused-ring (bicyclic) bond motifs is 3. The summed E-state index contributed by atoms with van der Waals surface area (Å²) in [4.78, 5) is 23.7. The molecule has 0 bridgehead atoms. The van der Waals surface area contributed by atoms with Crippen LogP contribution in [0.25, 0.3) is 11.3 Å². The van der Waals surface area contributed by atoms with E-state index in [1.807, 2.05) is 0 Å². The number of hydrogen-bond acceptors (Lipinski definition) is 5. The van der Waals surface area contributed by atoms with Gasteiger partial charge in [0.25, 0.3) is 0 Å². The van der Waals surface area contributed by atoms with Crippen LogP contribution in [0.15, 0.2) is 29.2 Å². The van der Waals surface area contributed by atoms with Crippen molar-refractivity contribution in [3.63, 3.8) is 0 Å². The first-order valence-electron chi connectivity index (χ1n) is 9.16. The van der Waals surface area contributed by atoms with Gasteiger partial charge in [-0.25, -0.2) is 4.79 Å². The molecule has 0 unspecified atom stereocenters. The molecule has 2 N–H and O–H groups in total. The number of aliphatic hydroxyl groups excluding tert-OH is 1. The van der Waals surface area contributed by atoms with Gasteiger partial charge >= 0.3 is 5.97 Å². The number of halogens is 1. The monoisotopic (exact) mass is 407 g/mol. The van der Waals surface area contributed by atoms with Crippen LogP contribution in [0.3, 0.4) is 0 Å². The Bertz CT molecular complexity index is 939. The number of aromatic nitrogens is 1. The summed E-state index contributed by atoms with van der Waals surface area (Å²) in [5.74, 6) is -0.316. The van der Waals surface area contributed by atoms with Crippen LogP contribution in [0.4, 0.5) is 0 Å². The lowest BCUT2D eigenvalue weighted by Gasteiger charge is -2.20. The first-order valence-corrected chi connectivity index (χ1v) is 9.53. The van der Waals surface area contributed by atoms with Crippen LogP contribution in [0.1, 0.15) is 42.6 Å². The molecule has 1 aromatic heterocycles. The van der Waals surface area contributed by atoms with Crippen molar-refractivity contribution in [1.82, 2.24) is 4.57 Å². The summed E-state index contributed by atoms with van der Waals surface area (Å²) in [6.45, 7) is 2.69. The van der Waals surface area contributed by atoms with Crippen molar-refractivity contribution in [2.45, 2.75) is 32.2 Å². The summed E-state index contributed by atoms with van der Waals surface area (Å²) in [5.41, 5.74) is 0.125. The van der Waals surface area contributed by atoms with E-state index in [0.29, 0.717) is 40.8 Å². The number of ether oxygens (including phenoxy) is 2. The summed E-state index contributed by atoms with van der Waals surface area (Å²) in [7, 11) is 0. The number of carboxylic acid groups (broad SMARTS) is 1. The maximum atomic E-state index is 12.3. The van der Waals surface area contributed by atoms with E-state index in [-0.39, 0.29) is 24.8 Å². The Morgan fingerprint density at radius 2 is 2.18 bits per heavy atom. The molecule has 1 aliphatic heterocycles. The van der Waals surface area contributed by atoms with Crippen molar-refractivity contribution in [1.29, 1.82) is 0 Å². The highest BCUT2D eigenvalue weighted by molar-refractivity contribution is 6.32. The summed E-state index contributed by atoms with van der Waals surface area (Å²) >= 11 is 6.38. The van der Waals surface area contributed by atoms with Crippen LogP contribution in [0.5, 0.6) is 11.5 Å².